The van der Waals surface area contributed by atoms with E-state index in [2.05, 4.69) is 53.9 Å². The molecular formula is C34H42N6O5. The average molecular weight is 615 g/mol. The Bertz CT molecular complexity index is 1730. The van der Waals surface area contributed by atoms with E-state index < -0.39 is 17.5 Å². The second kappa shape index (κ2) is 12.4. The van der Waals surface area contributed by atoms with Crippen molar-refractivity contribution in [3.05, 3.63) is 59.9 Å². The first-order valence-electron chi connectivity index (χ1n) is 15.7. The topological polar surface area (TPSA) is 138 Å². The molecule has 5 heterocycles. The molecule has 1 fully saturated rings. The van der Waals surface area contributed by atoms with E-state index in [1.54, 1.807) is 19.5 Å². The number of ether oxygens (including phenoxy) is 2. The number of fused-ring (bicyclic) bond motifs is 6. The van der Waals surface area contributed by atoms with E-state index in [1.807, 2.05) is 19.1 Å². The highest BCUT2D eigenvalue weighted by Gasteiger charge is 2.34. The molecule has 3 N–H and O–H groups in total. The zero-order valence-electron chi connectivity index (χ0n) is 26.6. The first kappa shape index (κ1) is 30.9. The monoisotopic (exact) mass is 614 g/mol. The highest BCUT2D eigenvalue weighted by molar-refractivity contribution is 5.95. The molecule has 45 heavy (non-hydrogen) atoms. The van der Waals surface area contributed by atoms with E-state index in [9.17, 15) is 9.59 Å². The van der Waals surface area contributed by atoms with Crippen molar-refractivity contribution in [3.63, 3.8) is 0 Å². The van der Waals surface area contributed by atoms with Crippen LogP contribution in [0.25, 0.3) is 33.5 Å². The lowest BCUT2D eigenvalue weighted by Gasteiger charge is -2.34. The Morgan fingerprint density at radius 3 is 2.82 bits per heavy atom. The van der Waals surface area contributed by atoms with Crippen molar-refractivity contribution in [2.24, 2.45) is 11.1 Å². The lowest BCUT2D eigenvalue weighted by atomic mass is 9.84. The van der Waals surface area contributed by atoms with Crippen molar-refractivity contribution in [2.45, 2.75) is 78.1 Å². The zero-order chi connectivity index (χ0) is 31.9. The molecule has 0 saturated carbocycles. The fraction of sp³-hybridized carbons (Fsp3) is 0.471. The highest BCUT2D eigenvalue weighted by Crippen LogP contribution is 2.41. The summed E-state index contributed by atoms with van der Waals surface area (Å²) in [6.07, 6.45) is 5.25. The molecule has 0 aliphatic carbocycles. The first-order valence-corrected chi connectivity index (χ1v) is 15.7. The summed E-state index contributed by atoms with van der Waals surface area (Å²) in [7, 11) is 1.69. The van der Waals surface area contributed by atoms with Gasteiger partial charge in [0.2, 0.25) is 0 Å². The summed E-state index contributed by atoms with van der Waals surface area (Å²) in [5, 5.41) is 2.50. The third-order valence-corrected chi connectivity index (χ3v) is 8.86. The maximum Gasteiger partial charge on any atom is 0.324 e. The van der Waals surface area contributed by atoms with Gasteiger partial charge in [0.15, 0.2) is 11.7 Å². The van der Waals surface area contributed by atoms with Crippen LogP contribution < -0.4 is 11.2 Å². The Morgan fingerprint density at radius 1 is 1.22 bits per heavy atom. The van der Waals surface area contributed by atoms with E-state index in [0.29, 0.717) is 37.5 Å². The van der Waals surface area contributed by atoms with E-state index in [-0.39, 0.29) is 31.0 Å². The van der Waals surface area contributed by atoms with Gasteiger partial charge in [-0.3, -0.25) is 19.6 Å². The van der Waals surface area contributed by atoms with Crippen molar-refractivity contribution >= 4 is 22.8 Å². The van der Waals surface area contributed by atoms with Gasteiger partial charge >= 0.3 is 5.97 Å². The minimum atomic E-state index is -0.880. The molecule has 11 nitrogen and oxygen atoms in total. The number of carbonyl (C=O) groups is 2. The maximum atomic E-state index is 13.3. The van der Waals surface area contributed by atoms with Crippen LogP contribution in [0.1, 0.15) is 63.8 Å². The van der Waals surface area contributed by atoms with E-state index in [4.69, 9.17) is 24.6 Å². The van der Waals surface area contributed by atoms with Crippen LogP contribution in [0.4, 0.5) is 0 Å². The summed E-state index contributed by atoms with van der Waals surface area (Å²) in [5.74, 6) is 0.283. The van der Waals surface area contributed by atoms with Gasteiger partial charge in [-0.15, -0.1) is 0 Å². The van der Waals surface area contributed by atoms with Gasteiger partial charge in [0.05, 0.1) is 36.3 Å². The minimum absolute atomic E-state index is 0.131. The highest BCUT2D eigenvalue weighted by atomic mass is 16.5. The molecule has 2 aliphatic rings. The van der Waals surface area contributed by atoms with E-state index >= 15 is 0 Å². The number of aryl methyl sites for hydroxylation is 1. The summed E-state index contributed by atoms with van der Waals surface area (Å²) in [6, 6.07) is 8.82. The van der Waals surface area contributed by atoms with Crippen molar-refractivity contribution in [1.29, 1.82) is 0 Å². The van der Waals surface area contributed by atoms with Gasteiger partial charge in [-0.25, -0.2) is 10.4 Å². The summed E-state index contributed by atoms with van der Waals surface area (Å²) >= 11 is 0. The number of pyridine rings is 1. The third kappa shape index (κ3) is 5.99. The Hall–Kier alpha value is -4.06. The number of aromatic nitrogens is 3. The van der Waals surface area contributed by atoms with Gasteiger partial charge in [-0.05, 0) is 69.0 Å². The van der Waals surface area contributed by atoms with Gasteiger partial charge in [0, 0.05) is 60.3 Å². The van der Waals surface area contributed by atoms with Crippen molar-refractivity contribution < 1.29 is 23.5 Å². The third-order valence-electron chi connectivity index (χ3n) is 8.86. The Morgan fingerprint density at radius 2 is 2.04 bits per heavy atom. The predicted molar refractivity (Wildman–Crippen MR) is 170 cm³/mol. The van der Waals surface area contributed by atoms with E-state index in [0.717, 1.165) is 45.5 Å². The van der Waals surface area contributed by atoms with Crippen molar-refractivity contribution in [1.82, 2.24) is 25.0 Å². The van der Waals surface area contributed by atoms with Crippen LogP contribution in [0, 0.1) is 5.41 Å². The number of hydrogen-bond acceptors (Lipinski definition) is 9. The van der Waals surface area contributed by atoms with Crippen LogP contribution in [-0.4, -0.2) is 63.8 Å². The quantitative estimate of drug-likeness (QED) is 0.317. The van der Waals surface area contributed by atoms with Crippen LogP contribution in [0.15, 0.2) is 47.1 Å². The van der Waals surface area contributed by atoms with Crippen molar-refractivity contribution in [2.75, 3.05) is 20.3 Å². The Balaban J connectivity index is 1.53. The molecule has 3 atom stereocenters. The van der Waals surface area contributed by atoms with Crippen LogP contribution >= 0.6 is 0 Å². The van der Waals surface area contributed by atoms with Gasteiger partial charge < -0.3 is 24.2 Å². The number of nitrogens with two attached hydrogens (primary N) is 1. The lowest BCUT2D eigenvalue weighted by molar-refractivity contribution is -0.154. The van der Waals surface area contributed by atoms with Gasteiger partial charge in [0.1, 0.15) is 6.04 Å². The molecule has 0 unspecified atom stereocenters. The number of rotatable bonds is 4. The molecule has 0 spiro atoms. The fourth-order valence-corrected chi connectivity index (χ4v) is 6.47. The molecule has 1 amide bonds. The summed E-state index contributed by atoms with van der Waals surface area (Å²) in [5.41, 5.74) is 14.9. The molecule has 0 radical (unpaired) electrons. The molecule has 3 aromatic heterocycles. The second-order valence-electron chi connectivity index (χ2n) is 12.8. The molecular weight excluding hydrogens is 572 g/mol. The van der Waals surface area contributed by atoms with Crippen LogP contribution in [0.5, 0.6) is 0 Å². The molecule has 11 heteroatoms. The number of carbonyl (C=O) groups excluding carboxylic acids is 2. The maximum absolute atomic E-state index is 13.3. The van der Waals surface area contributed by atoms with Crippen molar-refractivity contribution in [3.8, 4) is 22.6 Å². The largest absolute Gasteiger partial charge is 0.464 e. The van der Waals surface area contributed by atoms with Crippen LogP contribution in [-0.2, 0) is 38.4 Å². The van der Waals surface area contributed by atoms with Gasteiger partial charge in [0.25, 0.3) is 5.91 Å². The SMILES string of the molecule is CCn1c(-c2cccnc2[C@H](C)OC)c2c3cc(ccc31)-c1cnc(o1)C[C@H](N)C(=O)N1CCC[C@H](N1)C(=O)OCC(C)(C)C2. The minimum Gasteiger partial charge on any atom is -0.464 e. The fourth-order valence-electron chi connectivity index (χ4n) is 6.47. The predicted octanol–water partition coefficient (Wildman–Crippen LogP) is 4.58. The summed E-state index contributed by atoms with van der Waals surface area (Å²) < 4.78 is 20.2. The number of nitrogens with one attached hydrogen (secondary N) is 1. The number of nitrogens with zero attached hydrogens (tertiary/aromatic N) is 4. The van der Waals surface area contributed by atoms with Gasteiger partial charge in [-0.2, -0.15) is 0 Å². The number of benzene rings is 1. The molecule has 1 aromatic carbocycles. The molecule has 2 aliphatic heterocycles. The summed E-state index contributed by atoms with van der Waals surface area (Å²) in [6.45, 7) is 9.75. The van der Waals surface area contributed by atoms with Gasteiger partial charge in [-0.1, -0.05) is 13.8 Å². The van der Waals surface area contributed by atoms with E-state index in [1.165, 1.54) is 5.01 Å². The van der Waals surface area contributed by atoms with Crippen LogP contribution in [0.2, 0.25) is 0 Å². The number of cyclic esters (lactones) is 1. The Kier molecular flexibility index (Phi) is 8.51. The number of hydrogen-bond donors (Lipinski definition) is 2. The molecule has 4 aromatic rings. The molecule has 1 saturated heterocycles. The standard InChI is InChI=1S/C34H42N6O5/c1-6-39-27-12-11-21-15-23(27)24(31(39)22-9-7-13-36-30(22)20(2)43-5)17-34(3,4)19-44-33(42)26-10-8-14-40(38-26)32(41)25(35)16-29-37-18-28(21)45-29/h7,9,11-13,15,18,20,25-26,38H,6,8,10,14,16-17,19,35H2,1-5H3/t20-,25-,26-/m0/s1. The number of esters is 1. The number of oxazole rings is 1. The summed E-state index contributed by atoms with van der Waals surface area (Å²) in [4.78, 5) is 35.7. The molecule has 238 valence electrons. The number of hydrazine groups is 1. The van der Waals surface area contributed by atoms with Crippen LogP contribution in [0.3, 0.4) is 0 Å². The second-order valence-corrected chi connectivity index (χ2v) is 12.8. The lowest BCUT2D eigenvalue weighted by Crippen LogP contribution is -2.59. The molecule has 6 rings (SSSR count). The zero-order valence-corrected chi connectivity index (χ0v) is 26.6. The normalized spacial score (nSPS) is 21.4. The number of amides is 1. The average Bonchev–Trinajstić information content (AvgIpc) is 3.64. The first-order chi connectivity index (χ1) is 21.6. The molecule has 6 bridgehead atoms. The smallest absolute Gasteiger partial charge is 0.324 e. The Labute approximate surface area is 263 Å². The number of methoxy groups -OCH3 is 1.